The molecule has 178 valence electrons. The Labute approximate surface area is 199 Å². The van der Waals surface area contributed by atoms with Crippen molar-refractivity contribution in [2.75, 3.05) is 25.9 Å². The predicted molar refractivity (Wildman–Crippen MR) is 129 cm³/mol. The molecule has 0 bridgehead atoms. The molecule has 33 heavy (non-hydrogen) atoms. The van der Waals surface area contributed by atoms with Crippen LogP contribution in [0.3, 0.4) is 0 Å². The van der Waals surface area contributed by atoms with Crippen molar-refractivity contribution in [2.45, 2.75) is 37.8 Å². The Bertz CT molecular complexity index is 885. The maximum Gasteiger partial charge on any atom is 0.414 e. The van der Waals surface area contributed by atoms with E-state index in [2.05, 4.69) is 54.5 Å². The molecule has 1 heterocycles. The summed E-state index contributed by atoms with van der Waals surface area (Å²) in [5, 5.41) is 14.8. The van der Waals surface area contributed by atoms with E-state index in [1.807, 2.05) is 23.1 Å². The van der Waals surface area contributed by atoms with Gasteiger partial charge in [-0.15, -0.1) is 11.8 Å². The molecule has 1 aliphatic rings. The van der Waals surface area contributed by atoms with Crippen LogP contribution in [0.1, 0.15) is 30.9 Å². The van der Waals surface area contributed by atoms with E-state index in [1.165, 1.54) is 16.0 Å². The number of hydrogen-bond acceptors (Lipinski definition) is 5. The molecule has 3 rings (SSSR count). The van der Waals surface area contributed by atoms with Gasteiger partial charge in [0.25, 0.3) is 0 Å². The second-order valence-electron chi connectivity index (χ2n) is 7.85. The molecule has 8 heteroatoms. The minimum absolute atomic E-state index is 0.170. The van der Waals surface area contributed by atoms with Gasteiger partial charge in [-0.1, -0.05) is 42.5 Å². The number of aliphatic carboxylic acids is 2. The number of rotatable bonds is 7. The summed E-state index contributed by atoms with van der Waals surface area (Å²) in [7, 11) is 0. The first kappa shape index (κ1) is 26.4. The first-order valence-electron chi connectivity index (χ1n) is 11.0. The highest BCUT2D eigenvalue weighted by molar-refractivity contribution is 7.98. The zero-order valence-electron chi connectivity index (χ0n) is 19.1. The molecule has 0 spiro atoms. The number of thioether (sulfide) groups is 1. The first-order chi connectivity index (χ1) is 15.8. The largest absolute Gasteiger partial charge is 0.473 e. The quantitative estimate of drug-likeness (QED) is 0.467. The van der Waals surface area contributed by atoms with Crippen LogP contribution < -0.4 is 0 Å². The maximum absolute atomic E-state index is 13.0. The number of carbonyl (C=O) groups excluding carboxylic acids is 1. The highest BCUT2D eigenvalue weighted by Crippen LogP contribution is 2.23. The number of carboxylic acids is 2. The second-order valence-corrected chi connectivity index (χ2v) is 8.73. The minimum atomic E-state index is -1.82. The van der Waals surface area contributed by atoms with E-state index in [1.54, 1.807) is 11.8 Å². The number of likely N-dealkylation sites (tertiary alicyclic amines) is 1. The Morgan fingerprint density at radius 3 is 2.00 bits per heavy atom. The van der Waals surface area contributed by atoms with Gasteiger partial charge in [0.2, 0.25) is 5.91 Å². The van der Waals surface area contributed by atoms with Gasteiger partial charge in [-0.2, -0.15) is 0 Å². The van der Waals surface area contributed by atoms with Crippen LogP contribution >= 0.6 is 11.8 Å². The highest BCUT2D eigenvalue weighted by Gasteiger charge is 2.28. The molecule has 0 unspecified atom stereocenters. The van der Waals surface area contributed by atoms with E-state index >= 15 is 0 Å². The molecule has 0 aromatic heterocycles. The molecular weight excluding hydrogens is 440 g/mol. The molecule has 1 fully saturated rings. The predicted octanol–water partition coefficient (Wildman–Crippen LogP) is 3.82. The third kappa shape index (κ3) is 8.90. The fourth-order valence-electron chi connectivity index (χ4n) is 3.73. The Balaban J connectivity index is 0.000000569. The van der Waals surface area contributed by atoms with Gasteiger partial charge in [-0.05, 0) is 62.4 Å². The summed E-state index contributed by atoms with van der Waals surface area (Å²) in [5.74, 6) is -3.15. The van der Waals surface area contributed by atoms with Gasteiger partial charge in [0.1, 0.15) is 0 Å². The average Bonchev–Trinajstić information content (AvgIpc) is 2.84. The SMILES string of the molecule is CCN(Cc1ccccc1)C(=O)C1CCN(Cc2ccc(SC)cc2)CC1.O=C(O)C(=O)O. The Morgan fingerprint density at radius 1 is 0.939 bits per heavy atom. The highest BCUT2D eigenvalue weighted by atomic mass is 32.2. The van der Waals surface area contributed by atoms with Gasteiger partial charge in [0.05, 0.1) is 0 Å². The summed E-state index contributed by atoms with van der Waals surface area (Å²) in [5.41, 5.74) is 2.57. The molecule has 0 radical (unpaired) electrons. The Kier molecular flexibility index (Phi) is 10.9. The number of carboxylic acid groups (broad SMARTS) is 2. The summed E-state index contributed by atoms with van der Waals surface area (Å²) in [6, 6.07) is 19.1. The lowest BCUT2D eigenvalue weighted by atomic mass is 9.94. The van der Waals surface area contributed by atoms with Crippen LogP contribution in [0.5, 0.6) is 0 Å². The minimum Gasteiger partial charge on any atom is -0.473 e. The Morgan fingerprint density at radius 2 is 1.52 bits per heavy atom. The van der Waals surface area contributed by atoms with Gasteiger partial charge in [-0.3, -0.25) is 9.69 Å². The van der Waals surface area contributed by atoms with E-state index in [-0.39, 0.29) is 5.92 Å². The van der Waals surface area contributed by atoms with Crippen molar-refractivity contribution in [1.29, 1.82) is 0 Å². The maximum atomic E-state index is 13.0. The molecule has 2 N–H and O–H groups in total. The van der Waals surface area contributed by atoms with E-state index in [9.17, 15) is 4.79 Å². The van der Waals surface area contributed by atoms with Gasteiger partial charge in [0, 0.05) is 30.4 Å². The third-order valence-electron chi connectivity index (χ3n) is 5.59. The molecule has 2 aromatic carbocycles. The van der Waals surface area contributed by atoms with E-state index in [4.69, 9.17) is 19.8 Å². The van der Waals surface area contributed by atoms with Crippen LogP contribution in [0.25, 0.3) is 0 Å². The van der Waals surface area contributed by atoms with E-state index in [0.29, 0.717) is 5.91 Å². The molecule has 0 aliphatic carbocycles. The lowest BCUT2D eigenvalue weighted by molar-refractivity contribution is -0.159. The van der Waals surface area contributed by atoms with Crippen molar-refractivity contribution in [2.24, 2.45) is 5.92 Å². The molecule has 0 atom stereocenters. The molecular formula is C25H32N2O5S. The van der Waals surface area contributed by atoms with Crippen molar-refractivity contribution in [3.8, 4) is 0 Å². The molecule has 1 amide bonds. The van der Waals surface area contributed by atoms with Gasteiger partial charge >= 0.3 is 11.9 Å². The number of piperidine rings is 1. The number of carbonyl (C=O) groups is 3. The van der Waals surface area contributed by atoms with Crippen LogP contribution in [-0.2, 0) is 27.5 Å². The lowest BCUT2D eigenvalue weighted by Crippen LogP contribution is -2.42. The van der Waals surface area contributed by atoms with Crippen LogP contribution in [0, 0.1) is 5.92 Å². The second kappa shape index (κ2) is 13.6. The molecule has 7 nitrogen and oxygen atoms in total. The smallest absolute Gasteiger partial charge is 0.414 e. The number of nitrogens with zero attached hydrogens (tertiary/aromatic N) is 2. The van der Waals surface area contributed by atoms with Crippen molar-refractivity contribution in [1.82, 2.24) is 9.80 Å². The third-order valence-corrected chi connectivity index (χ3v) is 6.34. The van der Waals surface area contributed by atoms with Crippen molar-refractivity contribution in [3.05, 3.63) is 65.7 Å². The number of amides is 1. The average molecular weight is 473 g/mol. The van der Waals surface area contributed by atoms with Crippen LogP contribution in [0.15, 0.2) is 59.5 Å². The molecule has 1 saturated heterocycles. The van der Waals surface area contributed by atoms with Crippen LogP contribution in [0.2, 0.25) is 0 Å². The first-order valence-corrected chi connectivity index (χ1v) is 12.2. The molecule has 0 saturated carbocycles. The monoisotopic (exact) mass is 472 g/mol. The van der Waals surface area contributed by atoms with Gasteiger partial charge in [0.15, 0.2) is 0 Å². The summed E-state index contributed by atoms with van der Waals surface area (Å²) in [6.07, 6.45) is 4.04. The topological polar surface area (TPSA) is 98.2 Å². The molecule has 2 aromatic rings. The summed E-state index contributed by atoms with van der Waals surface area (Å²) < 4.78 is 0. The summed E-state index contributed by atoms with van der Waals surface area (Å²) >= 11 is 1.78. The van der Waals surface area contributed by atoms with Crippen molar-refractivity contribution >= 4 is 29.6 Å². The van der Waals surface area contributed by atoms with Gasteiger partial charge in [-0.25, -0.2) is 9.59 Å². The zero-order valence-corrected chi connectivity index (χ0v) is 20.0. The van der Waals surface area contributed by atoms with Crippen molar-refractivity contribution in [3.63, 3.8) is 0 Å². The van der Waals surface area contributed by atoms with Crippen molar-refractivity contribution < 1.29 is 24.6 Å². The summed E-state index contributed by atoms with van der Waals surface area (Å²) in [6.45, 7) is 6.56. The normalized spacial score (nSPS) is 14.1. The number of hydrogen-bond donors (Lipinski definition) is 2. The number of benzene rings is 2. The van der Waals surface area contributed by atoms with Crippen LogP contribution in [0.4, 0.5) is 0 Å². The molecule has 1 aliphatic heterocycles. The van der Waals surface area contributed by atoms with Gasteiger partial charge < -0.3 is 15.1 Å². The standard InChI is InChI=1S/C23H30N2OS.C2H2O4/c1-3-25(18-19-7-5-4-6-8-19)23(26)21-13-15-24(16-14-21)17-20-9-11-22(27-2)12-10-20;3-1(4)2(5)6/h4-12,21H,3,13-18H2,1-2H3;(H,3,4)(H,5,6). The fraction of sp³-hybridized carbons (Fsp3) is 0.400. The van der Waals surface area contributed by atoms with Crippen LogP contribution in [-0.4, -0.2) is 63.7 Å². The van der Waals surface area contributed by atoms with E-state index < -0.39 is 11.9 Å². The zero-order chi connectivity index (χ0) is 24.2. The van der Waals surface area contributed by atoms with E-state index in [0.717, 1.165) is 45.6 Å². The fourth-order valence-corrected chi connectivity index (χ4v) is 4.14. The Hall–Kier alpha value is -2.84. The lowest BCUT2D eigenvalue weighted by Gasteiger charge is -2.34. The summed E-state index contributed by atoms with van der Waals surface area (Å²) in [4.78, 5) is 37.0.